The van der Waals surface area contributed by atoms with Crippen LogP contribution in [0.2, 0.25) is 5.02 Å². The van der Waals surface area contributed by atoms with E-state index in [4.69, 9.17) is 16.3 Å². The maximum Gasteiger partial charge on any atom is 0.330 e. The number of hydrogen-bond acceptors (Lipinski definition) is 6. The standard InChI is InChI=1S/C32H35ClN4O3/c1-35-15-13-23(14-16-35)32(39)37(28-6-4-5-22(17-28)7-12-31(38)40-3)21-26-9-8-25(19-29(26)33)24-10-11-30-27(18-24)20-34-36(30)2/h4-12,17-20,23,32,39H,13-16,21H2,1-3H3/b12-7+. The number of hydrogen-bond donors (Lipinski definition) is 1. The third-order valence-corrected chi connectivity index (χ3v) is 8.14. The normalized spacial score (nSPS) is 15.5. The zero-order valence-electron chi connectivity index (χ0n) is 23.1. The number of piperidine rings is 1. The first-order valence-corrected chi connectivity index (χ1v) is 13.9. The molecular weight excluding hydrogens is 524 g/mol. The van der Waals surface area contributed by atoms with Crippen LogP contribution < -0.4 is 4.90 Å². The number of rotatable bonds is 8. The van der Waals surface area contributed by atoms with Gasteiger partial charge in [0.15, 0.2) is 0 Å². The summed E-state index contributed by atoms with van der Waals surface area (Å²) in [6.45, 7) is 2.35. The Kier molecular flexibility index (Phi) is 8.54. The highest BCUT2D eigenvalue weighted by molar-refractivity contribution is 6.31. The number of fused-ring (bicyclic) bond motifs is 1. The molecule has 1 atom stereocenters. The van der Waals surface area contributed by atoms with Gasteiger partial charge in [-0.2, -0.15) is 5.10 Å². The summed E-state index contributed by atoms with van der Waals surface area (Å²) < 4.78 is 6.59. The number of aliphatic hydroxyl groups excluding tert-OH is 1. The minimum absolute atomic E-state index is 0.134. The molecule has 5 rings (SSSR count). The summed E-state index contributed by atoms with van der Waals surface area (Å²) in [6, 6.07) is 20.2. The van der Waals surface area contributed by atoms with E-state index in [0.717, 1.165) is 64.8 Å². The summed E-state index contributed by atoms with van der Waals surface area (Å²) in [7, 11) is 5.41. The molecule has 0 bridgehead atoms. The smallest absolute Gasteiger partial charge is 0.330 e. The Bertz CT molecular complexity index is 1520. The van der Waals surface area contributed by atoms with Crippen molar-refractivity contribution in [2.45, 2.75) is 25.6 Å². The van der Waals surface area contributed by atoms with Crippen LogP contribution in [0.4, 0.5) is 5.69 Å². The number of ether oxygens (including phenoxy) is 1. The molecule has 1 aliphatic heterocycles. The van der Waals surface area contributed by atoms with E-state index in [1.165, 1.54) is 13.2 Å². The van der Waals surface area contributed by atoms with Gasteiger partial charge in [-0.1, -0.05) is 41.9 Å². The zero-order chi connectivity index (χ0) is 28.2. The van der Waals surface area contributed by atoms with E-state index >= 15 is 0 Å². The molecule has 0 amide bonds. The van der Waals surface area contributed by atoms with Crippen LogP contribution >= 0.6 is 11.6 Å². The van der Waals surface area contributed by atoms with Gasteiger partial charge in [-0.3, -0.25) is 4.68 Å². The molecule has 4 aromatic rings. The number of halogens is 1. The lowest BCUT2D eigenvalue weighted by molar-refractivity contribution is -0.134. The second-order valence-corrected chi connectivity index (χ2v) is 10.9. The topological polar surface area (TPSA) is 70.8 Å². The van der Waals surface area contributed by atoms with Crippen molar-refractivity contribution >= 4 is 40.2 Å². The molecule has 1 saturated heterocycles. The van der Waals surface area contributed by atoms with Crippen molar-refractivity contribution in [3.05, 3.63) is 89.1 Å². The average molecular weight is 559 g/mol. The first-order valence-electron chi connectivity index (χ1n) is 13.5. The van der Waals surface area contributed by atoms with E-state index in [-0.39, 0.29) is 5.92 Å². The second kappa shape index (κ2) is 12.3. The highest BCUT2D eigenvalue weighted by Crippen LogP contribution is 2.33. The van der Waals surface area contributed by atoms with Crippen molar-refractivity contribution in [1.29, 1.82) is 0 Å². The molecule has 3 aromatic carbocycles. The number of aromatic nitrogens is 2. The van der Waals surface area contributed by atoms with Crippen molar-refractivity contribution in [3.63, 3.8) is 0 Å². The maximum absolute atomic E-state index is 11.7. The molecule has 1 aromatic heterocycles. The Balaban J connectivity index is 1.44. The van der Waals surface area contributed by atoms with Crippen LogP contribution in [0.1, 0.15) is 24.0 Å². The lowest BCUT2D eigenvalue weighted by Gasteiger charge is -2.39. The molecule has 0 radical (unpaired) electrons. The number of aliphatic hydroxyl groups is 1. The molecule has 1 aliphatic rings. The van der Waals surface area contributed by atoms with Gasteiger partial charge in [0, 0.05) is 41.7 Å². The highest BCUT2D eigenvalue weighted by atomic mass is 35.5. The fourth-order valence-electron chi connectivity index (χ4n) is 5.34. The lowest BCUT2D eigenvalue weighted by Crippen LogP contribution is -2.45. The Morgan fingerprint density at radius 3 is 2.62 bits per heavy atom. The lowest BCUT2D eigenvalue weighted by atomic mass is 9.93. The molecule has 1 N–H and O–H groups in total. The number of benzene rings is 3. The van der Waals surface area contributed by atoms with Crippen LogP contribution in [0.15, 0.2) is 72.9 Å². The molecule has 8 heteroatoms. The first-order chi connectivity index (χ1) is 19.3. The van der Waals surface area contributed by atoms with Crippen molar-refractivity contribution in [1.82, 2.24) is 14.7 Å². The third kappa shape index (κ3) is 6.22. The number of nitrogens with zero attached hydrogens (tertiary/aromatic N) is 4. The minimum atomic E-state index is -0.683. The minimum Gasteiger partial charge on any atom is -0.466 e. The van der Waals surface area contributed by atoms with Gasteiger partial charge in [-0.05, 0) is 91.6 Å². The fraction of sp³-hybridized carbons (Fsp3) is 0.312. The summed E-state index contributed by atoms with van der Waals surface area (Å²) in [5, 5.41) is 17.7. The van der Waals surface area contributed by atoms with Crippen molar-refractivity contribution in [3.8, 4) is 11.1 Å². The number of carbonyl (C=O) groups is 1. The van der Waals surface area contributed by atoms with Gasteiger partial charge < -0.3 is 19.6 Å². The number of likely N-dealkylation sites (tertiary alicyclic amines) is 1. The maximum atomic E-state index is 11.7. The predicted molar refractivity (Wildman–Crippen MR) is 161 cm³/mol. The van der Waals surface area contributed by atoms with Gasteiger partial charge >= 0.3 is 5.97 Å². The average Bonchev–Trinajstić information content (AvgIpc) is 3.35. The van der Waals surface area contributed by atoms with Crippen LogP contribution in [-0.4, -0.2) is 59.2 Å². The van der Waals surface area contributed by atoms with Crippen LogP contribution in [-0.2, 0) is 23.1 Å². The Hall–Kier alpha value is -3.65. The van der Waals surface area contributed by atoms with Gasteiger partial charge in [0.2, 0.25) is 0 Å². The molecule has 0 spiro atoms. The Labute approximate surface area is 240 Å². The van der Waals surface area contributed by atoms with Crippen molar-refractivity contribution in [2.75, 3.05) is 32.1 Å². The van der Waals surface area contributed by atoms with E-state index in [1.54, 1.807) is 6.08 Å². The van der Waals surface area contributed by atoms with Crippen molar-refractivity contribution in [2.24, 2.45) is 13.0 Å². The van der Waals surface area contributed by atoms with Crippen LogP contribution in [0, 0.1) is 5.92 Å². The highest BCUT2D eigenvalue weighted by Gasteiger charge is 2.29. The van der Waals surface area contributed by atoms with E-state index in [0.29, 0.717) is 11.6 Å². The van der Waals surface area contributed by atoms with Gasteiger partial charge in [-0.15, -0.1) is 0 Å². The first kappa shape index (κ1) is 27.9. The van der Waals surface area contributed by atoms with E-state index in [2.05, 4.69) is 41.3 Å². The summed E-state index contributed by atoms with van der Waals surface area (Å²) in [5.74, 6) is -0.280. The molecule has 0 aliphatic carbocycles. The number of carbonyl (C=O) groups excluding carboxylic acids is 1. The molecule has 208 valence electrons. The molecule has 7 nitrogen and oxygen atoms in total. The molecule has 1 fully saturated rings. The molecule has 0 saturated carbocycles. The predicted octanol–water partition coefficient (Wildman–Crippen LogP) is 5.75. The number of esters is 1. The van der Waals surface area contributed by atoms with Crippen molar-refractivity contribution < 1.29 is 14.6 Å². The monoisotopic (exact) mass is 558 g/mol. The summed E-state index contributed by atoms with van der Waals surface area (Å²) >= 11 is 6.88. The quantitative estimate of drug-likeness (QED) is 0.169. The van der Waals surface area contributed by atoms with Crippen LogP contribution in [0.5, 0.6) is 0 Å². The summed E-state index contributed by atoms with van der Waals surface area (Å²) in [5.41, 5.74) is 5.81. The molecule has 40 heavy (non-hydrogen) atoms. The summed E-state index contributed by atoms with van der Waals surface area (Å²) in [6.07, 6.45) is 6.13. The van der Waals surface area contributed by atoms with Crippen LogP contribution in [0.3, 0.4) is 0 Å². The largest absolute Gasteiger partial charge is 0.466 e. The van der Waals surface area contributed by atoms with E-state index < -0.39 is 12.2 Å². The Morgan fingerprint density at radius 2 is 1.88 bits per heavy atom. The summed E-state index contributed by atoms with van der Waals surface area (Å²) in [4.78, 5) is 16.0. The number of aryl methyl sites for hydroxylation is 1. The molecule has 1 unspecified atom stereocenters. The zero-order valence-corrected chi connectivity index (χ0v) is 23.9. The van der Waals surface area contributed by atoms with Crippen LogP contribution in [0.25, 0.3) is 28.1 Å². The second-order valence-electron chi connectivity index (χ2n) is 10.5. The van der Waals surface area contributed by atoms with Gasteiger partial charge in [0.05, 0.1) is 18.8 Å². The van der Waals surface area contributed by atoms with Gasteiger partial charge in [-0.25, -0.2) is 4.79 Å². The fourth-order valence-corrected chi connectivity index (χ4v) is 5.58. The molecular formula is C32H35ClN4O3. The third-order valence-electron chi connectivity index (χ3n) is 7.79. The van der Waals surface area contributed by atoms with Gasteiger partial charge in [0.25, 0.3) is 0 Å². The SMILES string of the molecule is COC(=O)/C=C/c1cccc(N(Cc2ccc(-c3ccc4c(cnn4C)c3)cc2Cl)C(O)C2CCN(C)CC2)c1. The number of anilines is 1. The Morgan fingerprint density at radius 1 is 1.12 bits per heavy atom. The van der Waals surface area contributed by atoms with E-state index in [1.807, 2.05) is 59.2 Å². The van der Waals surface area contributed by atoms with E-state index in [9.17, 15) is 9.90 Å². The number of methoxy groups -OCH3 is 1. The van der Waals surface area contributed by atoms with Gasteiger partial charge in [0.1, 0.15) is 6.23 Å². The molecule has 2 heterocycles.